The Labute approximate surface area is 213 Å². The molecule has 0 amide bonds. The Morgan fingerprint density at radius 3 is 2.24 bits per heavy atom. The first-order valence-corrected chi connectivity index (χ1v) is 12.1. The molecule has 6 rings (SSSR count). The standard InChI is InChI=1S/C31H24O6/c1-19(32)30-26(24-14-8-9-15-25(24)36-28(30)33)31(29(34)35-2,23-12-4-3-5-13-23)37-27(30)22-17-16-20-10-6-7-11-21(20)18-22/h3-18,26-27H,1-2H3. The minimum absolute atomic E-state index is 0.293. The minimum atomic E-state index is -1.83. The third-order valence-corrected chi connectivity index (χ3v) is 7.70. The van der Waals surface area contributed by atoms with Crippen molar-refractivity contribution >= 4 is 28.5 Å². The van der Waals surface area contributed by atoms with Crippen molar-refractivity contribution in [2.75, 3.05) is 7.11 Å². The first-order chi connectivity index (χ1) is 17.9. The molecule has 6 nitrogen and oxygen atoms in total. The molecule has 0 bridgehead atoms. The fourth-order valence-electron chi connectivity index (χ4n) is 6.09. The molecule has 4 atom stereocenters. The van der Waals surface area contributed by atoms with Crippen LogP contribution in [-0.2, 0) is 29.5 Å². The Hall–Kier alpha value is -4.29. The van der Waals surface area contributed by atoms with Crippen molar-refractivity contribution < 1.29 is 28.6 Å². The van der Waals surface area contributed by atoms with E-state index in [0.29, 0.717) is 22.4 Å². The van der Waals surface area contributed by atoms with Crippen molar-refractivity contribution in [2.24, 2.45) is 5.41 Å². The number of ketones is 1. The average molecular weight is 493 g/mol. The summed E-state index contributed by atoms with van der Waals surface area (Å²) in [6.07, 6.45) is -1.11. The molecule has 2 aliphatic rings. The van der Waals surface area contributed by atoms with Crippen LogP contribution >= 0.6 is 0 Å². The van der Waals surface area contributed by atoms with Crippen molar-refractivity contribution in [3.05, 3.63) is 114 Å². The van der Waals surface area contributed by atoms with Crippen LogP contribution < -0.4 is 4.74 Å². The van der Waals surface area contributed by atoms with E-state index in [4.69, 9.17) is 14.2 Å². The second kappa shape index (κ2) is 8.39. The lowest BCUT2D eigenvalue weighted by Crippen LogP contribution is -2.53. The molecule has 2 heterocycles. The zero-order valence-corrected chi connectivity index (χ0v) is 20.3. The van der Waals surface area contributed by atoms with Crippen LogP contribution in [0.15, 0.2) is 97.1 Å². The number of fused-ring (bicyclic) bond motifs is 4. The lowest BCUT2D eigenvalue weighted by molar-refractivity contribution is -0.172. The van der Waals surface area contributed by atoms with Gasteiger partial charge in [-0.05, 0) is 41.0 Å². The van der Waals surface area contributed by atoms with Crippen LogP contribution in [0, 0.1) is 5.41 Å². The Morgan fingerprint density at radius 1 is 0.838 bits per heavy atom. The molecule has 2 aliphatic heterocycles. The van der Waals surface area contributed by atoms with Gasteiger partial charge in [0.15, 0.2) is 16.8 Å². The molecule has 0 aliphatic carbocycles. The van der Waals surface area contributed by atoms with Crippen LogP contribution in [0.5, 0.6) is 5.75 Å². The SMILES string of the molecule is COC(=O)C1(c2ccccc2)OC(c2ccc3ccccc3c2)C2(C(C)=O)C(=O)Oc3ccccc3C12. The second-order valence-corrected chi connectivity index (χ2v) is 9.48. The normalized spacial score (nSPS) is 26.2. The number of hydrogen-bond acceptors (Lipinski definition) is 6. The third-order valence-electron chi connectivity index (χ3n) is 7.70. The van der Waals surface area contributed by atoms with Crippen molar-refractivity contribution in [3.63, 3.8) is 0 Å². The van der Waals surface area contributed by atoms with E-state index in [1.54, 1.807) is 48.5 Å². The van der Waals surface area contributed by atoms with E-state index >= 15 is 0 Å². The summed E-state index contributed by atoms with van der Waals surface area (Å²) in [5.74, 6) is -2.62. The molecule has 4 aromatic rings. The average Bonchev–Trinajstić information content (AvgIpc) is 3.28. The highest BCUT2D eigenvalue weighted by molar-refractivity contribution is 6.09. The highest BCUT2D eigenvalue weighted by atomic mass is 16.6. The van der Waals surface area contributed by atoms with Crippen LogP contribution in [-0.4, -0.2) is 24.8 Å². The summed E-state index contributed by atoms with van der Waals surface area (Å²) in [5.41, 5.74) is -1.99. The fraction of sp³-hybridized carbons (Fsp3) is 0.194. The molecular weight excluding hydrogens is 468 g/mol. The van der Waals surface area contributed by atoms with Gasteiger partial charge in [0.1, 0.15) is 11.9 Å². The van der Waals surface area contributed by atoms with E-state index in [9.17, 15) is 14.4 Å². The Kier molecular flexibility index (Phi) is 5.24. The predicted molar refractivity (Wildman–Crippen MR) is 136 cm³/mol. The zero-order chi connectivity index (χ0) is 25.8. The summed E-state index contributed by atoms with van der Waals surface area (Å²) in [4.78, 5) is 41.6. The molecule has 37 heavy (non-hydrogen) atoms. The van der Waals surface area contributed by atoms with Gasteiger partial charge in [0.25, 0.3) is 0 Å². The number of ether oxygens (including phenoxy) is 3. The number of Topliss-reactive ketones (excluding diaryl/α,β-unsaturated/α-hetero) is 1. The highest BCUT2D eigenvalue weighted by Crippen LogP contribution is 2.68. The summed E-state index contributed by atoms with van der Waals surface area (Å²) in [6.45, 7) is 1.36. The zero-order valence-electron chi connectivity index (χ0n) is 20.3. The Morgan fingerprint density at radius 2 is 1.51 bits per heavy atom. The molecule has 184 valence electrons. The van der Waals surface area contributed by atoms with Gasteiger partial charge in [-0.1, -0.05) is 84.9 Å². The molecule has 0 spiro atoms. The molecule has 0 radical (unpaired) electrons. The van der Waals surface area contributed by atoms with Crippen LogP contribution in [0.4, 0.5) is 0 Å². The number of carbonyl (C=O) groups is 3. The van der Waals surface area contributed by atoms with Gasteiger partial charge in [0, 0.05) is 5.56 Å². The van der Waals surface area contributed by atoms with Gasteiger partial charge >= 0.3 is 11.9 Å². The number of para-hydroxylation sites is 1. The Bertz CT molecular complexity index is 1560. The van der Waals surface area contributed by atoms with Crippen LogP contribution in [0.25, 0.3) is 10.8 Å². The largest absolute Gasteiger partial charge is 0.467 e. The molecule has 1 saturated heterocycles. The summed E-state index contributed by atoms with van der Waals surface area (Å²) < 4.78 is 17.9. The van der Waals surface area contributed by atoms with E-state index in [2.05, 4.69) is 0 Å². The number of hydrogen-bond donors (Lipinski definition) is 0. The molecule has 4 aromatic carbocycles. The quantitative estimate of drug-likeness (QED) is 0.220. The van der Waals surface area contributed by atoms with Crippen LogP contribution in [0.3, 0.4) is 0 Å². The fourth-order valence-corrected chi connectivity index (χ4v) is 6.09. The molecule has 0 N–H and O–H groups in total. The lowest BCUT2D eigenvalue weighted by atomic mass is 9.59. The van der Waals surface area contributed by atoms with Gasteiger partial charge in [0.05, 0.1) is 13.0 Å². The number of benzene rings is 4. The topological polar surface area (TPSA) is 78.9 Å². The molecule has 6 heteroatoms. The molecule has 4 unspecified atom stereocenters. The van der Waals surface area contributed by atoms with E-state index in [1.807, 2.05) is 48.5 Å². The smallest absolute Gasteiger partial charge is 0.343 e. The number of methoxy groups -OCH3 is 1. The van der Waals surface area contributed by atoms with Crippen molar-refractivity contribution in [2.45, 2.75) is 24.5 Å². The first kappa shape index (κ1) is 23.1. The first-order valence-electron chi connectivity index (χ1n) is 12.1. The van der Waals surface area contributed by atoms with Gasteiger partial charge in [0.2, 0.25) is 0 Å². The molecule has 1 fully saturated rings. The predicted octanol–water partition coefficient (Wildman–Crippen LogP) is 5.26. The Balaban J connectivity index is 1.72. The highest BCUT2D eigenvalue weighted by Gasteiger charge is 2.76. The number of esters is 2. The van der Waals surface area contributed by atoms with Crippen molar-refractivity contribution in [3.8, 4) is 5.75 Å². The third kappa shape index (κ3) is 3.06. The van der Waals surface area contributed by atoms with Crippen LogP contribution in [0.1, 0.15) is 35.6 Å². The summed E-state index contributed by atoms with van der Waals surface area (Å²) in [5, 5.41) is 1.91. The maximum absolute atomic E-state index is 14.0. The summed E-state index contributed by atoms with van der Waals surface area (Å²) >= 11 is 0. The van der Waals surface area contributed by atoms with E-state index in [-0.39, 0.29) is 0 Å². The van der Waals surface area contributed by atoms with Gasteiger partial charge in [-0.15, -0.1) is 0 Å². The van der Waals surface area contributed by atoms with Crippen molar-refractivity contribution in [1.82, 2.24) is 0 Å². The minimum Gasteiger partial charge on any atom is -0.467 e. The van der Waals surface area contributed by atoms with E-state index in [1.165, 1.54) is 14.0 Å². The molecular formula is C31H24O6. The lowest BCUT2D eigenvalue weighted by Gasteiger charge is -2.41. The van der Waals surface area contributed by atoms with E-state index < -0.39 is 40.8 Å². The van der Waals surface area contributed by atoms with Crippen LogP contribution in [0.2, 0.25) is 0 Å². The van der Waals surface area contributed by atoms with Gasteiger partial charge in [-0.3, -0.25) is 9.59 Å². The summed E-state index contributed by atoms with van der Waals surface area (Å²) in [7, 11) is 1.28. The maximum atomic E-state index is 14.0. The number of rotatable bonds is 4. The van der Waals surface area contributed by atoms with Gasteiger partial charge in [-0.25, -0.2) is 4.79 Å². The number of carbonyl (C=O) groups excluding carboxylic acids is 3. The summed E-state index contributed by atoms with van der Waals surface area (Å²) in [6, 6.07) is 29.3. The van der Waals surface area contributed by atoms with Gasteiger partial charge in [-0.2, -0.15) is 0 Å². The van der Waals surface area contributed by atoms with E-state index in [0.717, 1.165) is 10.8 Å². The molecule has 0 saturated carbocycles. The maximum Gasteiger partial charge on any atom is 0.343 e. The molecule has 0 aromatic heterocycles. The van der Waals surface area contributed by atoms with Gasteiger partial charge < -0.3 is 14.2 Å². The monoisotopic (exact) mass is 492 g/mol. The second-order valence-electron chi connectivity index (χ2n) is 9.48. The van der Waals surface area contributed by atoms with Crippen molar-refractivity contribution in [1.29, 1.82) is 0 Å².